The summed E-state index contributed by atoms with van der Waals surface area (Å²) in [5, 5.41) is 0.526. The number of methoxy groups -OCH3 is 1. The molecule has 1 amide bonds. The highest BCUT2D eigenvalue weighted by Crippen LogP contribution is 2.25. The third kappa shape index (κ3) is 3.19. The summed E-state index contributed by atoms with van der Waals surface area (Å²) in [5.41, 5.74) is 0.497. The number of benzene rings is 1. The molecule has 1 heterocycles. The highest BCUT2D eigenvalue weighted by molar-refractivity contribution is 6.31. The van der Waals surface area contributed by atoms with Gasteiger partial charge in [0.1, 0.15) is 5.75 Å². The lowest BCUT2D eigenvalue weighted by molar-refractivity contribution is -0.0586. The molecule has 19 heavy (non-hydrogen) atoms. The number of amides is 1. The molecule has 0 bridgehead atoms. The largest absolute Gasteiger partial charge is 0.496 e. The van der Waals surface area contributed by atoms with Crippen LogP contribution in [0.2, 0.25) is 5.02 Å². The molecule has 2 rings (SSSR count). The molecule has 4 nitrogen and oxygen atoms in total. The zero-order valence-electron chi connectivity index (χ0n) is 11.4. The fourth-order valence-electron chi connectivity index (χ4n) is 2.36. The van der Waals surface area contributed by atoms with E-state index in [9.17, 15) is 4.79 Å². The van der Waals surface area contributed by atoms with Crippen LogP contribution < -0.4 is 4.74 Å². The first-order valence-electron chi connectivity index (χ1n) is 6.29. The van der Waals surface area contributed by atoms with E-state index in [0.717, 1.165) is 0 Å². The summed E-state index contributed by atoms with van der Waals surface area (Å²) in [4.78, 5) is 14.3. The highest BCUT2D eigenvalue weighted by atomic mass is 35.5. The van der Waals surface area contributed by atoms with E-state index in [1.54, 1.807) is 30.2 Å². The Morgan fingerprint density at radius 2 is 2.00 bits per heavy atom. The van der Waals surface area contributed by atoms with Gasteiger partial charge in [-0.2, -0.15) is 0 Å². The van der Waals surface area contributed by atoms with Crippen LogP contribution in [0.5, 0.6) is 5.75 Å². The molecule has 104 valence electrons. The lowest BCUT2D eigenvalue weighted by Gasteiger charge is -2.35. The van der Waals surface area contributed by atoms with Gasteiger partial charge in [0.15, 0.2) is 0 Å². The van der Waals surface area contributed by atoms with E-state index < -0.39 is 0 Å². The first-order valence-corrected chi connectivity index (χ1v) is 6.67. The number of carbonyl (C=O) groups excluding carboxylic acids is 1. The second kappa shape index (κ2) is 5.80. The van der Waals surface area contributed by atoms with Crippen LogP contribution in [0.15, 0.2) is 18.2 Å². The smallest absolute Gasteiger partial charge is 0.257 e. The topological polar surface area (TPSA) is 38.8 Å². The second-order valence-corrected chi connectivity index (χ2v) is 5.25. The molecule has 5 heteroatoms. The first-order chi connectivity index (χ1) is 9.01. The summed E-state index contributed by atoms with van der Waals surface area (Å²) in [6.07, 6.45) is 0.0794. The zero-order chi connectivity index (χ0) is 14.0. The molecule has 0 saturated carbocycles. The van der Waals surface area contributed by atoms with Crippen molar-refractivity contribution in [3.63, 3.8) is 0 Å². The lowest BCUT2D eigenvalue weighted by Crippen LogP contribution is -2.48. The molecule has 0 unspecified atom stereocenters. The highest BCUT2D eigenvalue weighted by Gasteiger charge is 2.28. The van der Waals surface area contributed by atoms with Crippen molar-refractivity contribution in [2.75, 3.05) is 20.2 Å². The van der Waals surface area contributed by atoms with E-state index in [0.29, 0.717) is 29.4 Å². The Hall–Kier alpha value is -1.26. The molecule has 1 fully saturated rings. The third-order valence-electron chi connectivity index (χ3n) is 3.10. The number of hydrogen-bond acceptors (Lipinski definition) is 3. The van der Waals surface area contributed by atoms with Gasteiger partial charge in [0.05, 0.1) is 24.9 Å². The van der Waals surface area contributed by atoms with E-state index in [-0.39, 0.29) is 18.1 Å². The molecule has 0 spiro atoms. The Morgan fingerprint density at radius 1 is 1.37 bits per heavy atom. The third-order valence-corrected chi connectivity index (χ3v) is 3.33. The van der Waals surface area contributed by atoms with Crippen LogP contribution >= 0.6 is 11.6 Å². The van der Waals surface area contributed by atoms with Gasteiger partial charge in [0, 0.05) is 18.1 Å². The molecule has 0 radical (unpaired) electrons. The number of morpholine rings is 1. The van der Waals surface area contributed by atoms with Crippen LogP contribution in [0, 0.1) is 0 Å². The van der Waals surface area contributed by atoms with E-state index >= 15 is 0 Å². The summed E-state index contributed by atoms with van der Waals surface area (Å²) in [7, 11) is 1.55. The summed E-state index contributed by atoms with van der Waals surface area (Å²) in [6, 6.07) is 5.07. The number of halogens is 1. The average Bonchev–Trinajstić information content (AvgIpc) is 2.36. The Morgan fingerprint density at radius 3 is 2.58 bits per heavy atom. The van der Waals surface area contributed by atoms with Gasteiger partial charge in [-0.15, -0.1) is 0 Å². The van der Waals surface area contributed by atoms with E-state index in [1.807, 2.05) is 13.8 Å². The Kier molecular flexibility index (Phi) is 4.32. The van der Waals surface area contributed by atoms with Gasteiger partial charge in [0.25, 0.3) is 5.91 Å². The Balaban J connectivity index is 2.26. The van der Waals surface area contributed by atoms with Crippen molar-refractivity contribution >= 4 is 17.5 Å². The minimum Gasteiger partial charge on any atom is -0.496 e. The van der Waals surface area contributed by atoms with Crippen LogP contribution in [-0.4, -0.2) is 43.2 Å². The van der Waals surface area contributed by atoms with Crippen LogP contribution in [0.4, 0.5) is 0 Å². The summed E-state index contributed by atoms with van der Waals surface area (Å²) >= 11 is 5.96. The van der Waals surface area contributed by atoms with E-state index in [2.05, 4.69) is 0 Å². The molecule has 1 aromatic rings. The molecule has 0 aromatic heterocycles. The van der Waals surface area contributed by atoms with Gasteiger partial charge in [-0.05, 0) is 32.0 Å². The van der Waals surface area contributed by atoms with Crippen LogP contribution in [0.25, 0.3) is 0 Å². The monoisotopic (exact) mass is 283 g/mol. The van der Waals surface area contributed by atoms with Gasteiger partial charge < -0.3 is 14.4 Å². The van der Waals surface area contributed by atoms with Crippen LogP contribution in [0.1, 0.15) is 24.2 Å². The normalized spacial score (nSPS) is 23.3. The maximum Gasteiger partial charge on any atom is 0.257 e. The van der Waals surface area contributed by atoms with E-state index in [4.69, 9.17) is 21.1 Å². The Labute approximate surface area is 118 Å². The van der Waals surface area contributed by atoms with Crippen LogP contribution in [0.3, 0.4) is 0 Å². The summed E-state index contributed by atoms with van der Waals surface area (Å²) in [6.45, 7) is 5.09. The minimum absolute atomic E-state index is 0.0397. The predicted octanol–water partition coefficient (Wildman–Crippen LogP) is 2.60. The zero-order valence-corrected chi connectivity index (χ0v) is 12.1. The van der Waals surface area contributed by atoms with Gasteiger partial charge in [0.2, 0.25) is 0 Å². The molecule has 1 aromatic carbocycles. The van der Waals surface area contributed by atoms with Crippen LogP contribution in [-0.2, 0) is 4.74 Å². The minimum atomic E-state index is -0.0682. The quantitative estimate of drug-likeness (QED) is 0.837. The molecule has 2 atom stereocenters. The molecule has 1 aliphatic heterocycles. The first kappa shape index (κ1) is 14.2. The van der Waals surface area contributed by atoms with Gasteiger partial charge in [-0.25, -0.2) is 0 Å². The van der Waals surface area contributed by atoms with Crippen molar-refractivity contribution in [2.24, 2.45) is 0 Å². The fourth-order valence-corrected chi connectivity index (χ4v) is 2.53. The van der Waals surface area contributed by atoms with Gasteiger partial charge >= 0.3 is 0 Å². The lowest BCUT2D eigenvalue weighted by atomic mass is 10.1. The van der Waals surface area contributed by atoms with Crippen molar-refractivity contribution in [3.8, 4) is 5.75 Å². The van der Waals surface area contributed by atoms with Gasteiger partial charge in [-0.3, -0.25) is 4.79 Å². The molecule has 0 N–H and O–H groups in total. The molecular formula is C14H18ClNO3. The van der Waals surface area contributed by atoms with Crippen molar-refractivity contribution in [3.05, 3.63) is 28.8 Å². The summed E-state index contributed by atoms with van der Waals surface area (Å²) < 4.78 is 10.9. The maximum absolute atomic E-state index is 12.6. The van der Waals surface area contributed by atoms with Crippen molar-refractivity contribution < 1.29 is 14.3 Å². The predicted molar refractivity (Wildman–Crippen MR) is 73.9 cm³/mol. The SMILES string of the molecule is COc1ccc(Cl)cc1C(=O)N1C[C@H](C)O[C@@H](C)C1. The summed E-state index contributed by atoms with van der Waals surface area (Å²) in [5.74, 6) is 0.475. The van der Waals surface area contributed by atoms with Gasteiger partial charge in [-0.1, -0.05) is 11.6 Å². The second-order valence-electron chi connectivity index (χ2n) is 4.81. The Bertz CT molecular complexity index is 468. The van der Waals surface area contributed by atoms with Crippen molar-refractivity contribution in [1.29, 1.82) is 0 Å². The average molecular weight is 284 g/mol. The van der Waals surface area contributed by atoms with E-state index in [1.165, 1.54) is 0 Å². The molecule has 0 aliphatic carbocycles. The van der Waals surface area contributed by atoms with Crippen molar-refractivity contribution in [1.82, 2.24) is 4.90 Å². The maximum atomic E-state index is 12.6. The van der Waals surface area contributed by atoms with Crippen molar-refractivity contribution in [2.45, 2.75) is 26.1 Å². The molecule has 1 aliphatic rings. The number of rotatable bonds is 2. The number of carbonyl (C=O) groups is 1. The number of hydrogen-bond donors (Lipinski definition) is 0. The standard InChI is InChI=1S/C14H18ClNO3/c1-9-7-16(8-10(2)19-9)14(17)12-6-11(15)4-5-13(12)18-3/h4-6,9-10H,7-8H2,1-3H3/t9-,10-/m0/s1. The number of ether oxygens (including phenoxy) is 2. The molecule has 1 saturated heterocycles. The fraction of sp³-hybridized carbons (Fsp3) is 0.500. The number of nitrogens with zero attached hydrogens (tertiary/aromatic N) is 1. The molecular weight excluding hydrogens is 266 g/mol.